The summed E-state index contributed by atoms with van der Waals surface area (Å²) in [5.74, 6) is 0.101. The van der Waals surface area contributed by atoms with Crippen molar-refractivity contribution in [1.82, 2.24) is 5.32 Å². The molecule has 2 N–H and O–H groups in total. The number of hydrogen-bond acceptors (Lipinski definition) is 6. The van der Waals surface area contributed by atoms with Gasteiger partial charge in [0.25, 0.3) is 5.91 Å². The van der Waals surface area contributed by atoms with E-state index in [1.54, 1.807) is 30.8 Å². The molecule has 0 bridgehead atoms. The minimum Gasteiger partial charge on any atom is -0.460 e. The second-order valence-corrected chi connectivity index (χ2v) is 7.73. The van der Waals surface area contributed by atoms with E-state index in [1.165, 1.54) is 4.90 Å². The van der Waals surface area contributed by atoms with Gasteiger partial charge in [0, 0.05) is 10.5 Å². The minimum atomic E-state index is -1.02. The van der Waals surface area contributed by atoms with E-state index >= 15 is 0 Å². The largest absolute Gasteiger partial charge is 0.492 e. The number of esters is 1. The molecule has 0 saturated heterocycles. The molecule has 28 heavy (non-hydrogen) atoms. The molecule has 1 amide bonds. The van der Waals surface area contributed by atoms with E-state index in [2.05, 4.69) is 12.2 Å². The summed E-state index contributed by atoms with van der Waals surface area (Å²) < 4.78 is 10.4. The molecule has 0 atom stereocenters. The summed E-state index contributed by atoms with van der Waals surface area (Å²) in [5, 5.41) is 12.5. The van der Waals surface area contributed by atoms with Crippen LogP contribution in [0.25, 0.3) is 0 Å². The molecular formula is C20H22BNO5S. The smallest absolute Gasteiger partial charge is 0.460 e. The van der Waals surface area contributed by atoms with E-state index in [9.17, 15) is 14.6 Å². The summed E-state index contributed by atoms with van der Waals surface area (Å²) in [6, 6.07) is 11.3. The molecule has 3 rings (SSSR count). The second kappa shape index (κ2) is 9.27. The van der Waals surface area contributed by atoms with Crippen LogP contribution in [0.1, 0.15) is 34.0 Å². The fourth-order valence-corrected chi connectivity index (χ4v) is 3.73. The van der Waals surface area contributed by atoms with Crippen molar-refractivity contribution in [2.75, 3.05) is 12.3 Å². The highest BCUT2D eigenvalue weighted by molar-refractivity contribution is 7.99. The predicted octanol–water partition coefficient (Wildman–Crippen LogP) is 1.80. The third-order valence-electron chi connectivity index (χ3n) is 4.52. The molecule has 146 valence electrons. The number of thioether (sulfide) groups is 1. The van der Waals surface area contributed by atoms with Crippen LogP contribution in [0.5, 0.6) is 0 Å². The average molecular weight is 399 g/mol. The molecule has 0 radical (unpaired) electrons. The zero-order valence-corrected chi connectivity index (χ0v) is 16.7. The van der Waals surface area contributed by atoms with Gasteiger partial charge in [0.2, 0.25) is 0 Å². The van der Waals surface area contributed by atoms with Crippen LogP contribution in [-0.2, 0) is 27.4 Å². The van der Waals surface area contributed by atoms with Crippen LogP contribution in [0.15, 0.2) is 41.3 Å². The number of benzene rings is 2. The van der Waals surface area contributed by atoms with Crippen LogP contribution >= 0.6 is 11.8 Å². The number of amides is 1. The standard InChI is InChI=1S/C20H22BNO5S/c1-3-28-16-7-4-14(5-8-16)11-26-18(23)10-22-20(24)17-9-6-15-12-27-21(25)19(15)13(17)2/h4-9,25H,3,10-12H2,1-2H3,(H,22,24). The van der Waals surface area contributed by atoms with Crippen LogP contribution in [-0.4, -0.2) is 36.3 Å². The van der Waals surface area contributed by atoms with Gasteiger partial charge in [-0.15, -0.1) is 11.8 Å². The van der Waals surface area contributed by atoms with Gasteiger partial charge in [0.1, 0.15) is 13.2 Å². The molecule has 1 aliphatic heterocycles. The van der Waals surface area contributed by atoms with E-state index in [-0.39, 0.29) is 13.2 Å². The Hall–Kier alpha value is -2.29. The zero-order chi connectivity index (χ0) is 20.1. The highest BCUT2D eigenvalue weighted by Gasteiger charge is 2.31. The van der Waals surface area contributed by atoms with E-state index in [0.717, 1.165) is 16.9 Å². The highest BCUT2D eigenvalue weighted by atomic mass is 32.2. The van der Waals surface area contributed by atoms with Crippen molar-refractivity contribution in [3.05, 3.63) is 58.7 Å². The summed E-state index contributed by atoms with van der Waals surface area (Å²) in [6.07, 6.45) is 0. The maximum absolute atomic E-state index is 12.4. The number of carbonyl (C=O) groups is 2. The number of hydrogen-bond donors (Lipinski definition) is 2. The molecule has 1 heterocycles. The maximum atomic E-state index is 12.4. The molecule has 0 aliphatic carbocycles. The number of carbonyl (C=O) groups excluding carboxylic acids is 2. The third-order valence-corrected chi connectivity index (χ3v) is 5.42. The van der Waals surface area contributed by atoms with Crippen LogP contribution < -0.4 is 10.8 Å². The average Bonchev–Trinajstić information content (AvgIpc) is 3.08. The molecule has 0 fully saturated rings. The molecule has 0 unspecified atom stereocenters. The van der Waals surface area contributed by atoms with Crippen molar-refractivity contribution < 1.29 is 24.0 Å². The van der Waals surface area contributed by atoms with Gasteiger partial charge in [-0.25, -0.2) is 0 Å². The monoisotopic (exact) mass is 399 g/mol. The molecule has 0 spiro atoms. The van der Waals surface area contributed by atoms with Gasteiger partial charge in [-0.3, -0.25) is 9.59 Å². The Morgan fingerprint density at radius 2 is 2.00 bits per heavy atom. The van der Waals surface area contributed by atoms with E-state index in [1.807, 2.05) is 24.3 Å². The maximum Gasteiger partial charge on any atom is 0.492 e. The van der Waals surface area contributed by atoms with Gasteiger partial charge in [-0.05, 0) is 53.0 Å². The van der Waals surface area contributed by atoms with Gasteiger partial charge in [0.15, 0.2) is 0 Å². The first-order valence-electron chi connectivity index (χ1n) is 9.07. The van der Waals surface area contributed by atoms with Crippen LogP contribution in [0.3, 0.4) is 0 Å². The van der Waals surface area contributed by atoms with Gasteiger partial charge in [-0.1, -0.05) is 25.1 Å². The summed E-state index contributed by atoms with van der Waals surface area (Å²) in [5.41, 5.74) is 3.44. The molecule has 2 aromatic carbocycles. The number of nitrogens with one attached hydrogen (secondary N) is 1. The van der Waals surface area contributed by atoms with Gasteiger partial charge < -0.3 is 19.7 Å². The Bertz CT molecular complexity index is 872. The lowest BCUT2D eigenvalue weighted by Gasteiger charge is -2.11. The van der Waals surface area contributed by atoms with Crippen molar-refractivity contribution >= 4 is 36.2 Å². The summed E-state index contributed by atoms with van der Waals surface area (Å²) in [4.78, 5) is 25.5. The lowest BCUT2D eigenvalue weighted by atomic mass is 9.75. The first-order valence-corrected chi connectivity index (χ1v) is 10.1. The fourth-order valence-electron chi connectivity index (χ4n) is 3.06. The normalized spacial score (nSPS) is 12.6. The Kier molecular flexibility index (Phi) is 6.77. The third kappa shape index (κ3) is 4.76. The van der Waals surface area contributed by atoms with Crippen molar-refractivity contribution in [3.63, 3.8) is 0 Å². The van der Waals surface area contributed by atoms with Crippen LogP contribution in [0.4, 0.5) is 0 Å². The fraction of sp³-hybridized carbons (Fsp3) is 0.300. The second-order valence-electron chi connectivity index (χ2n) is 6.39. The van der Waals surface area contributed by atoms with E-state index in [0.29, 0.717) is 23.2 Å². The number of rotatable bonds is 7. The summed E-state index contributed by atoms with van der Waals surface area (Å²) >= 11 is 1.75. The van der Waals surface area contributed by atoms with E-state index in [4.69, 9.17) is 9.39 Å². The van der Waals surface area contributed by atoms with E-state index < -0.39 is 19.0 Å². The molecular weight excluding hydrogens is 377 g/mol. The summed E-state index contributed by atoms with van der Waals surface area (Å²) in [6.45, 7) is 4.11. The molecule has 0 saturated carbocycles. The van der Waals surface area contributed by atoms with Gasteiger partial charge in [0.05, 0.1) is 6.61 Å². The quantitative estimate of drug-likeness (QED) is 0.420. The van der Waals surface area contributed by atoms with Gasteiger partial charge in [-0.2, -0.15) is 0 Å². The number of ether oxygens (including phenoxy) is 1. The molecule has 8 heteroatoms. The van der Waals surface area contributed by atoms with Crippen LogP contribution in [0.2, 0.25) is 0 Å². The lowest BCUT2D eigenvalue weighted by molar-refractivity contribution is -0.143. The molecule has 2 aromatic rings. The SMILES string of the molecule is CCSc1ccc(COC(=O)CNC(=O)c2ccc3c(c2C)B(O)OC3)cc1. The Morgan fingerprint density at radius 1 is 1.25 bits per heavy atom. The van der Waals surface area contributed by atoms with Crippen molar-refractivity contribution in [2.45, 2.75) is 32.0 Å². The zero-order valence-electron chi connectivity index (χ0n) is 15.9. The van der Waals surface area contributed by atoms with Crippen molar-refractivity contribution in [2.24, 2.45) is 0 Å². The van der Waals surface area contributed by atoms with Crippen molar-refractivity contribution in [1.29, 1.82) is 0 Å². The highest BCUT2D eigenvalue weighted by Crippen LogP contribution is 2.18. The Morgan fingerprint density at radius 3 is 2.71 bits per heavy atom. The Labute approximate surface area is 168 Å². The first-order chi connectivity index (χ1) is 13.5. The van der Waals surface area contributed by atoms with Crippen molar-refractivity contribution in [3.8, 4) is 0 Å². The minimum absolute atomic E-state index is 0.160. The topological polar surface area (TPSA) is 84.9 Å². The summed E-state index contributed by atoms with van der Waals surface area (Å²) in [7, 11) is -1.02. The molecule has 6 nitrogen and oxygen atoms in total. The molecule has 1 aliphatic rings. The van der Waals surface area contributed by atoms with Crippen LogP contribution in [0, 0.1) is 6.92 Å². The predicted molar refractivity (Wildman–Crippen MR) is 109 cm³/mol. The first kappa shape index (κ1) is 20.4. The Balaban J connectivity index is 1.51. The lowest BCUT2D eigenvalue weighted by Crippen LogP contribution is -2.35. The number of fused-ring (bicyclic) bond motifs is 1. The molecule has 0 aromatic heterocycles. The van der Waals surface area contributed by atoms with Gasteiger partial charge >= 0.3 is 13.1 Å².